The van der Waals surface area contributed by atoms with Crippen molar-refractivity contribution >= 4 is 26.0 Å². The molecule has 3 rings (SSSR count). The molecule has 1 aliphatic rings. The van der Waals surface area contributed by atoms with Crippen LogP contribution >= 0.6 is 15.9 Å². The van der Waals surface area contributed by atoms with Crippen LogP contribution in [-0.4, -0.2) is 43.8 Å². The third-order valence-corrected chi connectivity index (χ3v) is 7.00. The van der Waals surface area contributed by atoms with Gasteiger partial charge >= 0.3 is 0 Å². The summed E-state index contributed by atoms with van der Waals surface area (Å²) < 4.78 is 27.9. The summed E-state index contributed by atoms with van der Waals surface area (Å²) in [6, 6.07) is 17.5. The number of sulfonamides is 1. The van der Waals surface area contributed by atoms with E-state index in [1.165, 1.54) is 5.56 Å². The van der Waals surface area contributed by atoms with E-state index in [-0.39, 0.29) is 0 Å². The molecule has 0 radical (unpaired) electrons. The van der Waals surface area contributed by atoms with Crippen LogP contribution in [0.1, 0.15) is 18.5 Å². The van der Waals surface area contributed by atoms with Gasteiger partial charge < -0.3 is 0 Å². The molecule has 128 valence electrons. The molecule has 0 aliphatic carbocycles. The SMILES string of the molecule is C[C@@H](c1ccccc1)N1CCN(S(=O)(=O)c2ccc(Br)cc2)CC1. The molecular formula is C18H21BrN2O2S. The van der Waals surface area contributed by atoms with Crippen molar-refractivity contribution in [3.05, 3.63) is 64.6 Å². The molecule has 1 saturated heterocycles. The zero-order valence-electron chi connectivity index (χ0n) is 13.6. The normalized spacial score (nSPS) is 18.4. The minimum Gasteiger partial charge on any atom is -0.294 e. The van der Waals surface area contributed by atoms with Crippen molar-refractivity contribution in [1.29, 1.82) is 0 Å². The predicted molar refractivity (Wildman–Crippen MR) is 99.3 cm³/mol. The van der Waals surface area contributed by atoms with Crippen LogP contribution in [0.15, 0.2) is 64.0 Å². The molecule has 0 aromatic heterocycles. The Morgan fingerprint density at radius 1 is 0.917 bits per heavy atom. The smallest absolute Gasteiger partial charge is 0.243 e. The lowest BCUT2D eigenvalue weighted by Crippen LogP contribution is -2.49. The summed E-state index contributed by atoms with van der Waals surface area (Å²) in [6.45, 7) is 4.71. The number of rotatable bonds is 4. The van der Waals surface area contributed by atoms with Crippen molar-refractivity contribution < 1.29 is 8.42 Å². The molecule has 24 heavy (non-hydrogen) atoms. The molecule has 0 spiro atoms. The second-order valence-corrected chi connectivity index (χ2v) is 8.83. The van der Waals surface area contributed by atoms with E-state index in [4.69, 9.17) is 0 Å². The van der Waals surface area contributed by atoms with E-state index in [0.717, 1.165) is 17.6 Å². The van der Waals surface area contributed by atoms with Crippen molar-refractivity contribution in [2.24, 2.45) is 0 Å². The Morgan fingerprint density at radius 3 is 2.08 bits per heavy atom. The molecule has 0 N–H and O–H groups in total. The molecule has 0 bridgehead atoms. The maximum absolute atomic E-state index is 12.7. The molecule has 1 fully saturated rings. The standard InChI is InChI=1S/C18H21BrN2O2S/c1-15(16-5-3-2-4-6-16)20-11-13-21(14-12-20)24(22,23)18-9-7-17(19)8-10-18/h2-10,15H,11-14H2,1H3/t15-/m0/s1. The first-order valence-corrected chi connectivity index (χ1v) is 10.3. The fourth-order valence-electron chi connectivity index (χ4n) is 3.03. The van der Waals surface area contributed by atoms with Crippen LogP contribution in [0, 0.1) is 0 Å². The highest BCUT2D eigenvalue weighted by Crippen LogP contribution is 2.24. The second-order valence-electron chi connectivity index (χ2n) is 5.98. The summed E-state index contributed by atoms with van der Waals surface area (Å²) in [5.41, 5.74) is 1.27. The minimum atomic E-state index is -3.41. The average molecular weight is 409 g/mol. The highest BCUT2D eigenvalue weighted by Gasteiger charge is 2.30. The lowest BCUT2D eigenvalue weighted by atomic mass is 10.1. The second kappa shape index (κ2) is 7.35. The van der Waals surface area contributed by atoms with Gasteiger partial charge in [0.05, 0.1) is 4.90 Å². The van der Waals surface area contributed by atoms with Crippen LogP contribution in [0.3, 0.4) is 0 Å². The number of halogens is 1. The number of nitrogens with zero attached hydrogens (tertiary/aromatic N) is 2. The molecule has 1 aliphatic heterocycles. The van der Waals surface area contributed by atoms with Crippen LogP contribution in [0.5, 0.6) is 0 Å². The number of hydrogen-bond donors (Lipinski definition) is 0. The largest absolute Gasteiger partial charge is 0.294 e. The first-order chi connectivity index (χ1) is 11.5. The fraction of sp³-hybridized carbons (Fsp3) is 0.333. The predicted octanol–water partition coefficient (Wildman–Crippen LogP) is 3.52. The topological polar surface area (TPSA) is 40.6 Å². The van der Waals surface area contributed by atoms with Gasteiger partial charge in [-0.2, -0.15) is 4.31 Å². The van der Waals surface area contributed by atoms with Crippen molar-refractivity contribution in [2.45, 2.75) is 17.9 Å². The van der Waals surface area contributed by atoms with Gasteiger partial charge in [0.2, 0.25) is 10.0 Å². The van der Waals surface area contributed by atoms with Gasteiger partial charge in [0.1, 0.15) is 0 Å². The maximum Gasteiger partial charge on any atom is 0.243 e. The van der Waals surface area contributed by atoms with Crippen molar-refractivity contribution in [3.63, 3.8) is 0 Å². The third-order valence-electron chi connectivity index (χ3n) is 4.55. The Labute approximate surface area is 152 Å². The minimum absolute atomic E-state index is 0.295. The van der Waals surface area contributed by atoms with Gasteiger partial charge in [0, 0.05) is 36.7 Å². The Hall–Kier alpha value is -1.21. The van der Waals surface area contributed by atoms with E-state index >= 15 is 0 Å². The zero-order valence-corrected chi connectivity index (χ0v) is 16.0. The Balaban J connectivity index is 1.67. The molecule has 2 aromatic carbocycles. The molecule has 0 unspecified atom stereocenters. The number of benzene rings is 2. The quantitative estimate of drug-likeness (QED) is 0.776. The first kappa shape index (κ1) is 17.6. The fourth-order valence-corrected chi connectivity index (χ4v) is 4.72. The van der Waals surface area contributed by atoms with Crippen LogP contribution < -0.4 is 0 Å². The lowest BCUT2D eigenvalue weighted by molar-refractivity contribution is 0.146. The third kappa shape index (κ3) is 3.72. The Kier molecular flexibility index (Phi) is 5.39. The van der Waals surface area contributed by atoms with Crippen LogP contribution in [0.25, 0.3) is 0 Å². The van der Waals surface area contributed by atoms with Gasteiger partial charge in [-0.05, 0) is 36.8 Å². The highest BCUT2D eigenvalue weighted by molar-refractivity contribution is 9.10. The Bertz CT molecular complexity index is 770. The van der Waals surface area contributed by atoms with E-state index in [9.17, 15) is 8.42 Å². The van der Waals surface area contributed by atoms with E-state index in [2.05, 4.69) is 39.9 Å². The molecule has 0 amide bonds. The van der Waals surface area contributed by atoms with E-state index < -0.39 is 10.0 Å². The molecular weight excluding hydrogens is 388 g/mol. The molecule has 2 aromatic rings. The summed E-state index contributed by atoms with van der Waals surface area (Å²) in [7, 11) is -3.41. The van der Waals surface area contributed by atoms with Crippen molar-refractivity contribution in [3.8, 4) is 0 Å². The van der Waals surface area contributed by atoms with Crippen LogP contribution in [0.4, 0.5) is 0 Å². The molecule has 4 nitrogen and oxygen atoms in total. The van der Waals surface area contributed by atoms with Crippen molar-refractivity contribution in [1.82, 2.24) is 9.21 Å². The summed E-state index contributed by atoms with van der Waals surface area (Å²) in [6.07, 6.45) is 0. The molecule has 1 heterocycles. The summed E-state index contributed by atoms with van der Waals surface area (Å²) in [4.78, 5) is 2.69. The molecule has 6 heteroatoms. The Morgan fingerprint density at radius 2 is 1.50 bits per heavy atom. The van der Waals surface area contributed by atoms with Crippen LogP contribution in [0.2, 0.25) is 0 Å². The zero-order chi connectivity index (χ0) is 17.2. The van der Waals surface area contributed by atoms with Gasteiger partial charge in [-0.15, -0.1) is 0 Å². The van der Waals surface area contributed by atoms with E-state index in [0.29, 0.717) is 24.0 Å². The molecule has 1 atom stereocenters. The molecule has 0 saturated carbocycles. The van der Waals surface area contributed by atoms with Gasteiger partial charge in [0.25, 0.3) is 0 Å². The monoisotopic (exact) mass is 408 g/mol. The average Bonchev–Trinajstić information content (AvgIpc) is 2.62. The number of piperazine rings is 1. The van der Waals surface area contributed by atoms with E-state index in [1.54, 1.807) is 28.6 Å². The highest BCUT2D eigenvalue weighted by atomic mass is 79.9. The van der Waals surface area contributed by atoms with Crippen LogP contribution in [-0.2, 0) is 10.0 Å². The van der Waals surface area contributed by atoms with Crippen molar-refractivity contribution in [2.75, 3.05) is 26.2 Å². The number of hydrogen-bond acceptors (Lipinski definition) is 3. The summed E-state index contributed by atoms with van der Waals surface area (Å²) >= 11 is 3.34. The van der Waals surface area contributed by atoms with Gasteiger partial charge in [0.15, 0.2) is 0 Å². The van der Waals surface area contributed by atoms with E-state index in [1.807, 2.05) is 18.2 Å². The maximum atomic E-state index is 12.7. The first-order valence-electron chi connectivity index (χ1n) is 8.03. The summed E-state index contributed by atoms with van der Waals surface area (Å²) in [5, 5.41) is 0. The summed E-state index contributed by atoms with van der Waals surface area (Å²) in [5.74, 6) is 0. The van der Waals surface area contributed by atoms with Gasteiger partial charge in [-0.3, -0.25) is 4.90 Å². The van der Waals surface area contributed by atoms with Gasteiger partial charge in [-0.1, -0.05) is 46.3 Å². The van der Waals surface area contributed by atoms with Gasteiger partial charge in [-0.25, -0.2) is 8.42 Å². The lowest BCUT2D eigenvalue weighted by Gasteiger charge is -2.37.